The summed E-state index contributed by atoms with van der Waals surface area (Å²) >= 11 is 0. The lowest BCUT2D eigenvalue weighted by Crippen LogP contribution is -2.30. The summed E-state index contributed by atoms with van der Waals surface area (Å²) in [7, 11) is 2.42. The summed E-state index contributed by atoms with van der Waals surface area (Å²) in [5.41, 5.74) is 0.711. The fraction of sp³-hybridized carbons (Fsp3) is 0.250. The Morgan fingerprint density at radius 1 is 0.967 bits per heavy atom. The first-order valence-corrected chi connectivity index (χ1v) is 8.98. The minimum Gasteiger partial charge on any atom is -0.465 e. The van der Waals surface area contributed by atoms with Gasteiger partial charge >= 0.3 is 18.0 Å². The molecule has 4 rings (SSSR count). The zero-order valence-corrected chi connectivity index (χ0v) is 16.2. The molecule has 3 aliphatic rings. The van der Waals surface area contributed by atoms with Crippen molar-refractivity contribution >= 4 is 29.4 Å². The van der Waals surface area contributed by atoms with Crippen LogP contribution in [0.25, 0.3) is 0 Å². The van der Waals surface area contributed by atoms with Gasteiger partial charge < -0.3 is 28.6 Å². The second-order valence-electron chi connectivity index (χ2n) is 6.28. The first-order chi connectivity index (χ1) is 14.5. The van der Waals surface area contributed by atoms with Crippen LogP contribution in [0.2, 0.25) is 0 Å². The highest BCUT2D eigenvalue weighted by Crippen LogP contribution is 2.45. The molecule has 30 heavy (non-hydrogen) atoms. The van der Waals surface area contributed by atoms with Crippen LogP contribution < -0.4 is 19.3 Å². The summed E-state index contributed by atoms with van der Waals surface area (Å²) in [5, 5.41) is 0. The number of carbonyl (C=O) groups is 3. The van der Waals surface area contributed by atoms with Gasteiger partial charge in [-0.25, -0.2) is 14.4 Å². The number of nitrogens with zero attached hydrogens (tertiary/aromatic N) is 2. The van der Waals surface area contributed by atoms with E-state index in [0.717, 1.165) is 0 Å². The van der Waals surface area contributed by atoms with Gasteiger partial charge in [-0.15, -0.1) is 0 Å². The minimum atomic E-state index is -0.765. The van der Waals surface area contributed by atoms with E-state index >= 15 is 0 Å². The average molecular weight is 414 g/mol. The van der Waals surface area contributed by atoms with Crippen molar-refractivity contribution in [1.29, 1.82) is 0 Å². The van der Waals surface area contributed by atoms with Gasteiger partial charge in [-0.1, -0.05) is 6.08 Å². The van der Waals surface area contributed by atoms with E-state index in [2.05, 4.69) is 0 Å². The van der Waals surface area contributed by atoms with Crippen molar-refractivity contribution in [2.45, 2.75) is 0 Å². The Morgan fingerprint density at radius 2 is 1.67 bits per heavy atom. The van der Waals surface area contributed by atoms with Crippen LogP contribution in [0.3, 0.4) is 0 Å². The zero-order valence-electron chi connectivity index (χ0n) is 16.2. The number of rotatable bonds is 4. The number of amides is 1. The SMILES string of the molecule is COC(=O)C1=C(C(=O)OC)N(c2cc3c(cc2N2CCOC2=O)OCO3)C=CC=C1. The van der Waals surface area contributed by atoms with E-state index in [1.54, 1.807) is 30.5 Å². The lowest BCUT2D eigenvalue weighted by molar-refractivity contribution is -0.139. The van der Waals surface area contributed by atoms with Crippen molar-refractivity contribution in [2.75, 3.05) is 44.0 Å². The molecule has 0 aliphatic carbocycles. The Hall–Kier alpha value is -3.95. The van der Waals surface area contributed by atoms with Gasteiger partial charge in [0.15, 0.2) is 11.5 Å². The van der Waals surface area contributed by atoms with Gasteiger partial charge in [-0.2, -0.15) is 0 Å². The molecule has 0 aromatic heterocycles. The lowest BCUT2D eigenvalue weighted by atomic mass is 10.1. The molecular weight excluding hydrogens is 396 g/mol. The molecule has 1 aromatic rings. The molecule has 10 heteroatoms. The van der Waals surface area contributed by atoms with E-state index < -0.39 is 18.0 Å². The molecule has 0 radical (unpaired) electrons. The molecule has 3 heterocycles. The Bertz CT molecular complexity index is 1010. The van der Waals surface area contributed by atoms with Gasteiger partial charge in [-0.3, -0.25) is 4.90 Å². The van der Waals surface area contributed by atoms with Gasteiger partial charge in [0.2, 0.25) is 6.79 Å². The summed E-state index contributed by atoms with van der Waals surface area (Å²) in [6.07, 6.45) is 5.71. The average Bonchev–Trinajstić information content (AvgIpc) is 3.33. The number of fused-ring (bicyclic) bond motifs is 1. The Labute approximate surface area is 171 Å². The van der Waals surface area contributed by atoms with Crippen molar-refractivity contribution in [3.63, 3.8) is 0 Å². The van der Waals surface area contributed by atoms with E-state index in [1.807, 2.05) is 0 Å². The number of cyclic esters (lactones) is 1. The number of hydrogen-bond acceptors (Lipinski definition) is 9. The molecule has 0 atom stereocenters. The van der Waals surface area contributed by atoms with Gasteiger partial charge in [0.1, 0.15) is 12.3 Å². The topological polar surface area (TPSA) is 104 Å². The smallest absolute Gasteiger partial charge is 0.414 e. The Balaban J connectivity index is 1.94. The summed E-state index contributed by atoms with van der Waals surface area (Å²) in [4.78, 5) is 40.2. The van der Waals surface area contributed by atoms with Crippen LogP contribution >= 0.6 is 0 Å². The number of allylic oxidation sites excluding steroid dienone is 2. The van der Waals surface area contributed by atoms with Crippen LogP contribution in [0.1, 0.15) is 0 Å². The third-order valence-corrected chi connectivity index (χ3v) is 4.67. The molecule has 1 saturated heterocycles. The Morgan fingerprint density at radius 3 is 2.30 bits per heavy atom. The monoisotopic (exact) mass is 414 g/mol. The van der Waals surface area contributed by atoms with Crippen LogP contribution in [0, 0.1) is 0 Å². The summed E-state index contributed by atoms with van der Waals surface area (Å²) in [6.45, 7) is 0.548. The molecule has 0 unspecified atom stereocenters. The Kier molecular flexibility index (Phi) is 5.05. The molecule has 0 spiro atoms. The molecule has 1 aromatic carbocycles. The predicted octanol–water partition coefficient (Wildman–Crippen LogP) is 1.86. The van der Waals surface area contributed by atoms with Gasteiger partial charge in [0, 0.05) is 18.3 Å². The number of ether oxygens (including phenoxy) is 5. The molecule has 0 bridgehead atoms. The quantitative estimate of drug-likeness (QED) is 0.539. The predicted molar refractivity (Wildman–Crippen MR) is 103 cm³/mol. The summed E-state index contributed by atoms with van der Waals surface area (Å²) in [5.74, 6) is -0.611. The maximum Gasteiger partial charge on any atom is 0.414 e. The fourth-order valence-corrected chi connectivity index (χ4v) is 3.29. The first kappa shape index (κ1) is 19.4. The highest BCUT2D eigenvalue weighted by molar-refractivity contribution is 6.07. The van der Waals surface area contributed by atoms with Crippen LogP contribution in [-0.2, 0) is 23.8 Å². The summed E-state index contributed by atoms with van der Waals surface area (Å²) in [6, 6.07) is 3.25. The molecule has 10 nitrogen and oxygen atoms in total. The highest BCUT2D eigenvalue weighted by atomic mass is 16.7. The van der Waals surface area contributed by atoms with Crippen molar-refractivity contribution in [2.24, 2.45) is 0 Å². The van der Waals surface area contributed by atoms with E-state index in [4.69, 9.17) is 23.7 Å². The number of benzene rings is 1. The van der Waals surface area contributed by atoms with Crippen molar-refractivity contribution < 1.29 is 38.1 Å². The van der Waals surface area contributed by atoms with Crippen LogP contribution in [0.5, 0.6) is 11.5 Å². The highest BCUT2D eigenvalue weighted by Gasteiger charge is 2.34. The number of esters is 2. The molecule has 1 fully saturated rings. The number of methoxy groups -OCH3 is 2. The van der Waals surface area contributed by atoms with Crippen molar-refractivity contribution in [1.82, 2.24) is 0 Å². The fourth-order valence-electron chi connectivity index (χ4n) is 3.29. The lowest BCUT2D eigenvalue weighted by Gasteiger charge is -2.27. The van der Waals surface area contributed by atoms with Crippen LogP contribution in [0.4, 0.5) is 16.2 Å². The van der Waals surface area contributed by atoms with E-state index in [0.29, 0.717) is 29.4 Å². The van der Waals surface area contributed by atoms with Crippen molar-refractivity contribution in [3.8, 4) is 11.5 Å². The summed E-state index contributed by atoms with van der Waals surface area (Å²) < 4.78 is 25.8. The van der Waals surface area contributed by atoms with E-state index in [-0.39, 0.29) is 24.7 Å². The largest absolute Gasteiger partial charge is 0.465 e. The molecule has 156 valence electrons. The van der Waals surface area contributed by atoms with Crippen LogP contribution in [0.15, 0.2) is 47.8 Å². The third kappa shape index (κ3) is 3.21. The maximum absolute atomic E-state index is 12.7. The molecule has 0 N–H and O–H groups in total. The normalized spacial score (nSPS) is 17.2. The van der Waals surface area contributed by atoms with Gasteiger partial charge in [-0.05, 0) is 12.2 Å². The minimum absolute atomic E-state index is 0.0121. The zero-order chi connectivity index (χ0) is 21.3. The standard InChI is InChI=1S/C20H18N2O8/c1-26-18(23)12-5-3-4-6-21(17(12)19(24)27-2)13-9-15-16(30-11-29-15)10-14(13)22-7-8-28-20(22)25/h3-6,9-10H,7-8,11H2,1-2H3. The second-order valence-corrected chi connectivity index (χ2v) is 6.28. The number of carbonyl (C=O) groups excluding carboxylic acids is 3. The van der Waals surface area contributed by atoms with Gasteiger partial charge in [0.25, 0.3) is 0 Å². The van der Waals surface area contributed by atoms with E-state index in [1.165, 1.54) is 30.1 Å². The number of anilines is 2. The molecule has 0 saturated carbocycles. The van der Waals surface area contributed by atoms with Gasteiger partial charge in [0.05, 0.1) is 37.7 Å². The molecular formula is C20H18N2O8. The second kappa shape index (κ2) is 7.82. The third-order valence-electron chi connectivity index (χ3n) is 4.67. The maximum atomic E-state index is 12.7. The number of hydrogen-bond donors (Lipinski definition) is 0. The van der Waals surface area contributed by atoms with E-state index in [9.17, 15) is 14.4 Å². The molecule has 1 amide bonds. The van der Waals surface area contributed by atoms with Crippen molar-refractivity contribution in [3.05, 3.63) is 47.8 Å². The van der Waals surface area contributed by atoms with Crippen LogP contribution in [-0.4, -0.2) is 52.2 Å². The molecule has 3 aliphatic heterocycles. The first-order valence-electron chi connectivity index (χ1n) is 8.98.